The topological polar surface area (TPSA) is 87.3 Å². The first kappa shape index (κ1) is 18.0. The summed E-state index contributed by atoms with van der Waals surface area (Å²) in [7, 11) is 0. The Morgan fingerprint density at radius 3 is 2.14 bits per heavy atom. The van der Waals surface area contributed by atoms with Gasteiger partial charge in [-0.3, -0.25) is 14.4 Å². The van der Waals surface area contributed by atoms with Crippen LogP contribution in [-0.2, 0) is 14.4 Å². The number of carbonyl (C=O) groups is 3. The molecule has 0 radical (unpaired) electrons. The molecule has 0 bridgehead atoms. The zero-order chi connectivity index (χ0) is 16.9. The summed E-state index contributed by atoms with van der Waals surface area (Å²) in [5, 5.41) is 8.20. The van der Waals surface area contributed by atoms with E-state index in [9.17, 15) is 14.4 Å². The maximum Gasteiger partial charge on any atom is 0.247 e. The molecule has 0 aliphatic rings. The Balaban J connectivity index is 2.85. The molecular formula is C15H20ClN3O3. The lowest BCUT2D eigenvalue weighted by Gasteiger charge is -2.21. The number of rotatable bonds is 5. The van der Waals surface area contributed by atoms with Gasteiger partial charge in [0.1, 0.15) is 6.04 Å². The predicted molar refractivity (Wildman–Crippen MR) is 86.8 cm³/mol. The number of anilines is 2. The molecule has 0 aliphatic carbocycles. The molecule has 120 valence electrons. The molecule has 0 fully saturated rings. The van der Waals surface area contributed by atoms with Crippen LogP contribution in [0.2, 0.25) is 5.02 Å². The predicted octanol–water partition coefficient (Wildman–Crippen LogP) is 2.40. The van der Waals surface area contributed by atoms with E-state index in [0.29, 0.717) is 16.4 Å². The van der Waals surface area contributed by atoms with Gasteiger partial charge in [-0.1, -0.05) is 25.4 Å². The molecule has 3 amide bonds. The van der Waals surface area contributed by atoms with E-state index >= 15 is 0 Å². The molecule has 0 aromatic heterocycles. The lowest BCUT2D eigenvalue weighted by atomic mass is 10.0. The third-order valence-electron chi connectivity index (χ3n) is 2.86. The first-order valence-corrected chi connectivity index (χ1v) is 7.23. The van der Waals surface area contributed by atoms with Crippen LogP contribution in [0.25, 0.3) is 0 Å². The first-order valence-electron chi connectivity index (χ1n) is 6.85. The normalized spacial score (nSPS) is 11.7. The van der Waals surface area contributed by atoms with Gasteiger partial charge in [0.25, 0.3) is 0 Å². The Labute approximate surface area is 134 Å². The second kappa shape index (κ2) is 7.79. The van der Waals surface area contributed by atoms with E-state index in [-0.39, 0.29) is 23.6 Å². The van der Waals surface area contributed by atoms with Gasteiger partial charge in [0.05, 0.1) is 10.7 Å². The number of halogens is 1. The van der Waals surface area contributed by atoms with Gasteiger partial charge in [0.15, 0.2) is 0 Å². The lowest BCUT2D eigenvalue weighted by molar-refractivity contribution is -0.126. The smallest absolute Gasteiger partial charge is 0.247 e. The fourth-order valence-electron chi connectivity index (χ4n) is 1.86. The highest BCUT2D eigenvalue weighted by molar-refractivity contribution is 6.34. The fourth-order valence-corrected chi connectivity index (χ4v) is 2.09. The molecule has 6 nitrogen and oxygen atoms in total. The molecule has 22 heavy (non-hydrogen) atoms. The summed E-state index contributed by atoms with van der Waals surface area (Å²) in [5.41, 5.74) is 0.953. The number of hydrogen-bond acceptors (Lipinski definition) is 3. The van der Waals surface area contributed by atoms with E-state index in [2.05, 4.69) is 16.0 Å². The van der Waals surface area contributed by atoms with Crippen LogP contribution in [0.3, 0.4) is 0 Å². The van der Waals surface area contributed by atoms with Gasteiger partial charge >= 0.3 is 0 Å². The van der Waals surface area contributed by atoms with Gasteiger partial charge in [-0.15, -0.1) is 0 Å². The Morgan fingerprint density at radius 2 is 1.68 bits per heavy atom. The Bertz CT molecular complexity index is 587. The summed E-state index contributed by atoms with van der Waals surface area (Å²) in [6.07, 6.45) is 0. The SMILES string of the molecule is CC(=O)Nc1ccc(NC(=O)[C@@H](NC(C)=O)C(C)C)cc1Cl. The molecule has 0 unspecified atom stereocenters. The number of hydrogen-bond donors (Lipinski definition) is 3. The monoisotopic (exact) mass is 325 g/mol. The van der Waals surface area contributed by atoms with Crippen molar-refractivity contribution in [3.05, 3.63) is 23.2 Å². The minimum absolute atomic E-state index is 0.0574. The Kier molecular flexibility index (Phi) is 6.37. The van der Waals surface area contributed by atoms with Crippen molar-refractivity contribution < 1.29 is 14.4 Å². The van der Waals surface area contributed by atoms with Crippen molar-refractivity contribution >= 4 is 40.7 Å². The second-order valence-electron chi connectivity index (χ2n) is 5.29. The van der Waals surface area contributed by atoms with Crippen molar-refractivity contribution in [1.82, 2.24) is 5.32 Å². The molecular weight excluding hydrogens is 306 g/mol. The van der Waals surface area contributed by atoms with Crippen LogP contribution < -0.4 is 16.0 Å². The highest BCUT2D eigenvalue weighted by Gasteiger charge is 2.23. The Morgan fingerprint density at radius 1 is 1.05 bits per heavy atom. The highest BCUT2D eigenvalue weighted by atomic mass is 35.5. The average Bonchev–Trinajstić information content (AvgIpc) is 2.38. The summed E-state index contributed by atoms with van der Waals surface area (Å²) in [4.78, 5) is 34.4. The van der Waals surface area contributed by atoms with Gasteiger partial charge in [-0.05, 0) is 24.1 Å². The maximum atomic E-state index is 12.2. The Hall–Kier alpha value is -2.08. The lowest BCUT2D eigenvalue weighted by Crippen LogP contribution is -2.46. The van der Waals surface area contributed by atoms with Crippen LogP contribution in [0.1, 0.15) is 27.7 Å². The molecule has 1 aromatic rings. The number of amides is 3. The quantitative estimate of drug-likeness (QED) is 0.776. The van der Waals surface area contributed by atoms with Gasteiger partial charge in [0, 0.05) is 19.5 Å². The van der Waals surface area contributed by atoms with Gasteiger partial charge in [-0.2, -0.15) is 0 Å². The van der Waals surface area contributed by atoms with E-state index in [1.807, 2.05) is 13.8 Å². The molecule has 0 aliphatic heterocycles. The molecule has 0 saturated carbocycles. The van der Waals surface area contributed by atoms with E-state index in [0.717, 1.165) is 0 Å². The third-order valence-corrected chi connectivity index (χ3v) is 3.17. The molecule has 1 rings (SSSR count). The average molecular weight is 326 g/mol. The van der Waals surface area contributed by atoms with Crippen LogP contribution >= 0.6 is 11.6 Å². The van der Waals surface area contributed by atoms with Gasteiger partial charge < -0.3 is 16.0 Å². The summed E-state index contributed by atoms with van der Waals surface area (Å²) in [5.74, 6) is -0.885. The summed E-state index contributed by atoms with van der Waals surface area (Å²) in [6.45, 7) is 6.43. The molecule has 0 heterocycles. The van der Waals surface area contributed by atoms with E-state index in [1.165, 1.54) is 19.9 Å². The van der Waals surface area contributed by atoms with Crippen LogP contribution in [0, 0.1) is 5.92 Å². The molecule has 3 N–H and O–H groups in total. The van der Waals surface area contributed by atoms with Crippen LogP contribution in [0.5, 0.6) is 0 Å². The minimum atomic E-state index is -0.633. The molecule has 1 aromatic carbocycles. The molecule has 7 heteroatoms. The number of carbonyl (C=O) groups excluding carboxylic acids is 3. The highest BCUT2D eigenvalue weighted by Crippen LogP contribution is 2.25. The minimum Gasteiger partial charge on any atom is -0.344 e. The summed E-state index contributed by atoms with van der Waals surface area (Å²) < 4.78 is 0. The van der Waals surface area contributed by atoms with Gasteiger partial charge in [-0.25, -0.2) is 0 Å². The van der Waals surface area contributed by atoms with E-state index < -0.39 is 6.04 Å². The van der Waals surface area contributed by atoms with Crippen molar-refractivity contribution in [2.24, 2.45) is 5.92 Å². The number of nitrogens with one attached hydrogen (secondary N) is 3. The molecule has 0 spiro atoms. The summed E-state index contributed by atoms with van der Waals surface area (Å²) >= 11 is 6.05. The van der Waals surface area contributed by atoms with Crippen LogP contribution in [0.15, 0.2) is 18.2 Å². The van der Waals surface area contributed by atoms with Crippen LogP contribution in [-0.4, -0.2) is 23.8 Å². The maximum absolute atomic E-state index is 12.2. The van der Waals surface area contributed by atoms with Crippen molar-refractivity contribution in [3.8, 4) is 0 Å². The van der Waals surface area contributed by atoms with Crippen LogP contribution in [0.4, 0.5) is 11.4 Å². The zero-order valence-electron chi connectivity index (χ0n) is 13.0. The molecule has 1 atom stereocenters. The molecule has 0 saturated heterocycles. The van der Waals surface area contributed by atoms with Crippen molar-refractivity contribution in [1.29, 1.82) is 0 Å². The first-order chi connectivity index (χ1) is 10.2. The number of benzene rings is 1. The third kappa shape index (κ3) is 5.37. The van der Waals surface area contributed by atoms with Crippen molar-refractivity contribution in [3.63, 3.8) is 0 Å². The second-order valence-corrected chi connectivity index (χ2v) is 5.69. The standard InChI is InChI=1S/C15H20ClN3O3/c1-8(2)14(18-10(4)21)15(22)19-11-5-6-13(12(16)7-11)17-9(3)20/h5-8,14H,1-4H3,(H,17,20)(H,18,21)(H,19,22)/t14-/m0/s1. The fraction of sp³-hybridized carbons (Fsp3) is 0.400. The van der Waals surface area contributed by atoms with E-state index in [4.69, 9.17) is 11.6 Å². The zero-order valence-corrected chi connectivity index (χ0v) is 13.7. The largest absolute Gasteiger partial charge is 0.344 e. The van der Waals surface area contributed by atoms with Gasteiger partial charge in [0.2, 0.25) is 17.7 Å². The van der Waals surface area contributed by atoms with E-state index in [1.54, 1.807) is 12.1 Å². The van der Waals surface area contributed by atoms with Crippen molar-refractivity contribution in [2.75, 3.05) is 10.6 Å². The van der Waals surface area contributed by atoms with Crippen molar-refractivity contribution in [2.45, 2.75) is 33.7 Å². The summed E-state index contributed by atoms with van der Waals surface area (Å²) in [6, 6.07) is 4.13.